The zero-order valence-corrected chi connectivity index (χ0v) is 10.9. The number of imidazole rings is 1. The number of amides is 1. The third-order valence-corrected chi connectivity index (χ3v) is 2.81. The average molecular weight is 258 g/mol. The van der Waals surface area contributed by atoms with Gasteiger partial charge in [0.2, 0.25) is 5.91 Å². The number of hydrogen-bond acceptors (Lipinski definition) is 3. The molecule has 0 fully saturated rings. The Kier molecular flexibility index (Phi) is 4.69. The zero-order chi connectivity index (χ0) is 13.5. The van der Waals surface area contributed by atoms with E-state index in [1.54, 1.807) is 12.5 Å². The van der Waals surface area contributed by atoms with Gasteiger partial charge in [0.05, 0.1) is 18.2 Å². The molecule has 5 nitrogen and oxygen atoms in total. The molecule has 0 saturated heterocycles. The minimum atomic E-state index is 0.0459. The smallest absolute Gasteiger partial charge is 0.224 e. The van der Waals surface area contributed by atoms with Crippen LogP contribution in [0.1, 0.15) is 12.8 Å². The quantitative estimate of drug-likeness (QED) is 0.694. The van der Waals surface area contributed by atoms with Crippen LogP contribution in [0, 0.1) is 0 Å². The number of nitrogens with zero attached hydrogens (tertiary/aromatic N) is 1. The summed E-state index contributed by atoms with van der Waals surface area (Å²) < 4.78 is 0. The normalized spacial score (nSPS) is 10.4. The third-order valence-electron chi connectivity index (χ3n) is 2.81. The van der Waals surface area contributed by atoms with Crippen molar-refractivity contribution in [1.29, 1.82) is 0 Å². The van der Waals surface area contributed by atoms with E-state index < -0.39 is 0 Å². The van der Waals surface area contributed by atoms with Gasteiger partial charge in [0.25, 0.3) is 0 Å². The second-order valence-electron chi connectivity index (χ2n) is 4.30. The Labute approximate surface area is 112 Å². The molecular weight excluding hydrogens is 240 g/mol. The molecule has 0 spiro atoms. The van der Waals surface area contributed by atoms with E-state index in [1.165, 1.54) is 0 Å². The molecule has 3 N–H and O–H groups in total. The lowest BCUT2D eigenvalue weighted by atomic mass is 10.1. The molecule has 0 aliphatic heterocycles. The molecule has 1 heterocycles. The lowest BCUT2D eigenvalue weighted by Gasteiger charge is -2.06. The Balaban J connectivity index is 1.90. The lowest BCUT2D eigenvalue weighted by molar-refractivity contribution is -0.116. The SMILES string of the molecule is CNCCCC(=O)Nc1ccc(-c2cnc[nH]2)cc1. The molecule has 1 aromatic heterocycles. The number of aromatic amines is 1. The maximum atomic E-state index is 11.6. The summed E-state index contributed by atoms with van der Waals surface area (Å²) in [5.74, 6) is 0.0459. The van der Waals surface area contributed by atoms with Gasteiger partial charge in [0, 0.05) is 12.1 Å². The molecule has 1 amide bonds. The predicted molar refractivity (Wildman–Crippen MR) is 75.8 cm³/mol. The standard InChI is InChI=1S/C14H18N4O/c1-15-8-2-3-14(19)18-12-6-4-11(5-7-12)13-9-16-10-17-13/h4-7,9-10,15H,2-3,8H2,1H3,(H,16,17)(H,18,19). The summed E-state index contributed by atoms with van der Waals surface area (Å²) in [6.45, 7) is 0.853. The number of anilines is 1. The van der Waals surface area contributed by atoms with Gasteiger partial charge in [-0.15, -0.1) is 0 Å². The molecule has 0 radical (unpaired) electrons. The molecule has 100 valence electrons. The molecular formula is C14H18N4O. The summed E-state index contributed by atoms with van der Waals surface area (Å²) in [6.07, 6.45) is 4.79. The second kappa shape index (κ2) is 6.70. The molecule has 0 saturated carbocycles. The zero-order valence-electron chi connectivity index (χ0n) is 10.9. The highest BCUT2D eigenvalue weighted by Crippen LogP contribution is 2.18. The number of aromatic nitrogens is 2. The van der Waals surface area contributed by atoms with Crippen molar-refractivity contribution in [1.82, 2.24) is 15.3 Å². The van der Waals surface area contributed by atoms with E-state index in [9.17, 15) is 4.79 Å². The van der Waals surface area contributed by atoms with Gasteiger partial charge < -0.3 is 15.6 Å². The topological polar surface area (TPSA) is 69.8 Å². The minimum absolute atomic E-state index is 0.0459. The van der Waals surface area contributed by atoms with Crippen LogP contribution in [0.5, 0.6) is 0 Å². The number of rotatable bonds is 6. The highest BCUT2D eigenvalue weighted by molar-refractivity contribution is 5.90. The first-order valence-corrected chi connectivity index (χ1v) is 6.33. The fraction of sp³-hybridized carbons (Fsp3) is 0.286. The summed E-state index contributed by atoms with van der Waals surface area (Å²) in [7, 11) is 1.88. The summed E-state index contributed by atoms with van der Waals surface area (Å²) in [6, 6.07) is 7.70. The molecule has 19 heavy (non-hydrogen) atoms. The van der Waals surface area contributed by atoms with Gasteiger partial charge >= 0.3 is 0 Å². The van der Waals surface area contributed by atoms with E-state index in [2.05, 4.69) is 20.6 Å². The van der Waals surface area contributed by atoms with E-state index in [0.717, 1.165) is 29.9 Å². The molecule has 0 aliphatic rings. The Bertz CT molecular complexity index is 505. The minimum Gasteiger partial charge on any atom is -0.345 e. The fourth-order valence-corrected chi connectivity index (χ4v) is 1.80. The molecule has 5 heteroatoms. The fourth-order valence-electron chi connectivity index (χ4n) is 1.80. The van der Waals surface area contributed by atoms with Crippen LogP contribution in [0.4, 0.5) is 5.69 Å². The highest BCUT2D eigenvalue weighted by atomic mass is 16.1. The van der Waals surface area contributed by atoms with Gasteiger partial charge in [-0.1, -0.05) is 12.1 Å². The number of hydrogen-bond donors (Lipinski definition) is 3. The molecule has 2 rings (SSSR count). The van der Waals surface area contributed by atoms with Crippen LogP contribution in [0.15, 0.2) is 36.8 Å². The predicted octanol–water partition coefficient (Wildman–Crippen LogP) is 2.01. The summed E-state index contributed by atoms with van der Waals surface area (Å²) in [5, 5.41) is 5.90. The molecule has 1 aromatic carbocycles. The first-order chi connectivity index (χ1) is 9.29. The Hall–Kier alpha value is -2.14. The van der Waals surface area contributed by atoms with Gasteiger partial charge in [-0.2, -0.15) is 0 Å². The van der Waals surface area contributed by atoms with Crippen molar-refractivity contribution in [3.63, 3.8) is 0 Å². The maximum Gasteiger partial charge on any atom is 0.224 e. The summed E-state index contributed by atoms with van der Waals surface area (Å²) in [4.78, 5) is 18.7. The Morgan fingerprint density at radius 1 is 1.32 bits per heavy atom. The van der Waals surface area contributed by atoms with Gasteiger partial charge in [-0.05, 0) is 37.7 Å². The van der Waals surface area contributed by atoms with Crippen molar-refractivity contribution >= 4 is 11.6 Å². The van der Waals surface area contributed by atoms with Crippen LogP contribution in [0.2, 0.25) is 0 Å². The first kappa shape index (κ1) is 13.3. The van der Waals surface area contributed by atoms with Crippen LogP contribution >= 0.6 is 0 Å². The van der Waals surface area contributed by atoms with Crippen molar-refractivity contribution in [3.8, 4) is 11.3 Å². The Morgan fingerprint density at radius 3 is 2.74 bits per heavy atom. The highest BCUT2D eigenvalue weighted by Gasteiger charge is 2.03. The first-order valence-electron chi connectivity index (χ1n) is 6.33. The molecule has 0 atom stereocenters. The van der Waals surface area contributed by atoms with Crippen molar-refractivity contribution in [2.24, 2.45) is 0 Å². The van der Waals surface area contributed by atoms with Crippen LogP contribution in [-0.2, 0) is 4.79 Å². The van der Waals surface area contributed by atoms with Gasteiger partial charge in [0.15, 0.2) is 0 Å². The van der Waals surface area contributed by atoms with Crippen molar-refractivity contribution in [3.05, 3.63) is 36.8 Å². The van der Waals surface area contributed by atoms with Crippen LogP contribution in [-0.4, -0.2) is 29.5 Å². The average Bonchev–Trinajstić information content (AvgIpc) is 2.94. The summed E-state index contributed by atoms with van der Waals surface area (Å²) >= 11 is 0. The number of nitrogens with one attached hydrogen (secondary N) is 3. The van der Waals surface area contributed by atoms with Crippen LogP contribution < -0.4 is 10.6 Å². The number of H-pyrrole nitrogens is 1. The van der Waals surface area contributed by atoms with Crippen LogP contribution in [0.3, 0.4) is 0 Å². The van der Waals surface area contributed by atoms with Gasteiger partial charge in [-0.3, -0.25) is 4.79 Å². The van der Waals surface area contributed by atoms with E-state index in [-0.39, 0.29) is 5.91 Å². The molecule has 0 unspecified atom stereocenters. The monoisotopic (exact) mass is 258 g/mol. The number of carbonyl (C=O) groups is 1. The maximum absolute atomic E-state index is 11.6. The van der Waals surface area contributed by atoms with Gasteiger partial charge in [0.1, 0.15) is 0 Å². The van der Waals surface area contributed by atoms with Crippen molar-refractivity contribution in [2.75, 3.05) is 18.9 Å². The van der Waals surface area contributed by atoms with Crippen LogP contribution in [0.25, 0.3) is 11.3 Å². The third kappa shape index (κ3) is 3.93. The van der Waals surface area contributed by atoms with E-state index in [1.807, 2.05) is 31.3 Å². The van der Waals surface area contributed by atoms with Crippen molar-refractivity contribution in [2.45, 2.75) is 12.8 Å². The molecule has 2 aromatic rings. The van der Waals surface area contributed by atoms with E-state index >= 15 is 0 Å². The summed E-state index contributed by atoms with van der Waals surface area (Å²) in [5.41, 5.74) is 2.83. The largest absolute Gasteiger partial charge is 0.345 e. The molecule has 0 bridgehead atoms. The Morgan fingerprint density at radius 2 is 2.11 bits per heavy atom. The van der Waals surface area contributed by atoms with Gasteiger partial charge in [-0.25, -0.2) is 4.98 Å². The molecule has 0 aliphatic carbocycles. The second-order valence-corrected chi connectivity index (χ2v) is 4.30. The lowest BCUT2D eigenvalue weighted by Crippen LogP contribution is -2.15. The van der Waals surface area contributed by atoms with E-state index in [0.29, 0.717) is 6.42 Å². The number of benzene rings is 1. The number of carbonyl (C=O) groups excluding carboxylic acids is 1. The van der Waals surface area contributed by atoms with Crippen molar-refractivity contribution < 1.29 is 4.79 Å². The van der Waals surface area contributed by atoms with E-state index in [4.69, 9.17) is 0 Å².